The van der Waals surface area contributed by atoms with Gasteiger partial charge in [0.1, 0.15) is 11.7 Å². The Morgan fingerprint density at radius 3 is 2.67 bits per heavy atom. The van der Waals surface area contributed by atoms with Gasteiger partial charge in [-0.15, -0.1) is 0 Å². The molecule has 5 aliphatic rings. The molecular weight excluding hydrogens is 486 g/mol. The largest absolute Gasteiger partial charge is 0.491 e. The summed E-state index contributed by atoms with van der Waals surface area (Å²) in [5.74, 6) is 4.34. The van der Waals surface area contributed by atoms with Gasteiger partial charge in [0.25, 0.3) is 0 Å². The molecule has 0 spiro atoms. The van der Waals surface area contributed by atoms with Gasteiger partial charge in [0.15, 0.2) is 0 Å². The molecule has 0 aromatic heterocycles. The van der Waals surface area contributed by atoms with E-state index >= 15 is 0 Å². The van der Waals surface area contributed by atoms with Crippen LogP contribution in [0.2, 0.25) is 0 Å². The normalized spacial score (nSPS) is 41.4. The standard InChI is InChI=1S/C34H53NO4/c1-8-9-30(37)38-25-14-16-32(5)24(18-25)11-12-26-27(32)15-17-33(6)28(26)19-34(7)31(33)22(3)29(39-34)13-10-21(2)20-35-23(4)36/h11,21,25-28,31H,8-10,12-20H2,1-7H3,(H,35,36)/t21-,25-,26-,27+,28+,31-,32+,33+,34+/m1/s1. The van der Waals surface area contributed by atoms with Crippen LogP contribution >= 0.6 is 0 Å². The second-order valence-electron chi connectivity index (χ2n) is 14.6. The Bertz CT molecular complexity index is 1050. The Labute approximate surface area is 236 Å². The van der Waals surface area contributed by atoms with Crippen LogP contribution in [0.15, 0.2) is 23.0 Å². The first kappa shape index (κ1) is 28.7. The minimum absolute atomic E-state index is 0.0236. The summed E-state index contributed by atoms with van der Waals surface area (Å²) in [4.78, 5) is 23.5. The number of carbonyl (C=O) groups excluding carboxylic acids is 2. The first-order chi connectivity index (χ1) is 18.4. The Kier molecular flexibility index (Phi) is 7.78. The molecule has 0 bridgehead atoms. The zero-order valence-corrected chi connectivity index (χ0v) is 25.7. The fourth-order valence-electron chi connectivity index (χ4n) is 10.1. The zero-order chi connectivity index (χ0) is 28.2. The Morgan fingerprint density at radius 2 is 1.95 bits per heavy atom. The second kappa shape index (κ2) is 10.6. The first-order valence-corrected chi connectivity index (χ1v) is 15.9. The molecule has 0 aromatic carbocycles. The van der Waals surface area contributed by atoms with E-state index in [0.717, 1.165) is 63.3 Å². The third-order valence-electron chi connectivity index (χ3n) is 11.9. The number of fused-ring (bicyclic) bond motifs is 7. The lowest BCUT2D eigenvalue weighted by atomic mass is 9.47. The quantitative estimate of drug-likeness (QED) is 0.256. The molecule has 0 saturated heterocycles. The number of hydrogen-bond acceptors (Lipinski definition) is 4. The van der Waals surface area contributed by atoms with Gasteiger partial charge in [-0.25, -0.2) is 0 Å². The van der Waals surface area contributed by atoms with Crippen LogP contribution in [-0.4, -0.2) is 30.1 Å². The van der Waals surface area contributed by atoms with Crippen molar-refractivity contribution in [2.75, 3.05) is 6.54 Å². The van der Waals surface area contributed by atoms with E-state index in [1.54, 1.807) is 12.5 Å². The predicted octanol–water partition coefficient (Wildman–Crippen LogP) is 7.50. The van der Waals surface area contributed by atoms with Gasteiger partial charge in [0.2, 0.25) is 5.91 Å². The number of amides is 1. The molecular formula is C34H53NO4. The van der Waals surface area contributed by atoms with Crippen LogP contribution in [-0.2, 0) is 19.1 Å². The molecule has 1 aliphatic heterocycles. The molecule has 218 valence electrons. The third-order valence-corrected chi connectivity index (χ3v) is 11.9. The number of nitrogens with one attached hydrogen (secondary N) is 1. The lowest BCUT2D eigenvalue weighted by molar-refractivity contribution is -0.151. The van der Waals surface area contributed by atoms with Crippen molar-refractivity contribution in [3.63, 3.8) is 0 Å². The molecule has 0 unspecified atom stereocenters. The van der Waals surface area contributed by atoms with E-state index in [-0.39, 0.29) is 34.4 Å². The first-order valence-electron chi connectivity index (χ1n) is 15.9. The summed E-state index contributed by atoms with van der Waals surface area (Å²) in [5, 5.41) is 2.96. The molecule has 5 nitrogen and oxygen atoms in total. The van der Waals surface area contributed by atoms with E-state index in [1.807, 2.05) is 6.92 Å². The SMILES string of the molecule is CCCC(=O)O[C@@H]1CC[C@@]2(C)C(=CC[C@H]3[C@@H]4C[C@]5(C)OC(CC[C@@H](C)CNC(C)=O)=C(C)[C@@H]5[C@@]4(C)CC[C@@H]32)C1. The number of esters is 1. The maximum absolute atomic E-state index is 12.2. The van der Waals surface area contributed by atoms with Crippen molar-refractivity contribution in [1.29, 1.82) is 0 Å². The average Bonchev–Trinajstić information content (AvgIpc) is 3.27. The van der Waals surface area contributed by atoms with Gasteiger partial charge in [0.05, 0.1) is 5.76 Å². The predicted molar refractivity (Wildman–Crippen MR) is 155 cm³/mol. The fourth-order valence-corrected chi connectivity index (χ4v) is 10.1. The Balaban J connectivity index is 1.30. The Morgan fingerprint density at radius 1 is 1.18 bits per heavy atom. The molecule has 4 aliphatic carbocycles. The van der Waals surface area contributed by atoms with Crippen LogP contribution < -0.4 is 5.32 Å². The number of rotatable bonds is 8. The molecule has 3 fully saturated rings. The minimum atomic E-state index is -0.0926. The highest BCUT2D eigenvalue weighted by atomic mass is 16.5. The van der Waals surface area contributed by atoms with Crippen LogP contribution in [0.5, 0.6) is 0 Å². The molecule has 0 aromatic rings. The average molecular weight is 540 g/mol. The molecule has 0 radical (unpaired) electrons. The summed E-state index contributed by atoms with van der Waals surface area (Å²) >= 11 is 0. The molecule has 1 heterocycles. The van der Waals surface area contributed by atoms with Gasteiger partial charge < -0.3 is 14.8 Å². The molecule has 1 N–H and O–H groups in total. The lowest BCUT2D eigenvalue weighted by Gasteiger charge is -2.58. The van der Waals surface area contributed by atoms with Gasteiger partial charge in [-0.2, -0.15) is 0 Å². The number of ether oxygens (including phenoxy) is 2. The molecule has 1 amide bonds. The summed E-state index contributed by atoms with van der Waals surface area (Å²) in [7, 11) is 0. The smallest absolute Gasteiger partial charge is 0.306 e. The summed E-state index contributed by atoms with van der Waals surface area (Å²) < 4.78 is 12.8. The van der Waals surface area contributed by atoms with Crippen molar-refractivity contribution in [3.8, 4) is 0 Å². The van der Waals surface area contributed by atoms with Crippen LogP contribution in [0, 0.1) is 40.4 Å². The van der Waals surface area contributed by atoms with Crippen LogP contribution in [0.1, 0.15) is 119 Å². The highest BCUT2D eigenvalue weighted by molar-refractivity contribution is 5.72. The van der Waals surface area contributed by atoms with Crippen molar-refractivity contribution in [3.05, 3.63) is 23.0 Å². The topological polar surface area (TPSA) is 64.6 Å². The van der Waals surface area contributed by atoms with Crippen molar-refractivity contribution in [1.82, 2.24) is 5.32 Å². The summed E-state index contributed by atoms with van der Waals surface area (Å²) in [6.07, 6.45) is 14.0. The highest BCUT2D eigenvalue weighted by Gasteiger charge is 2.67. The highest BCUT2D eigenvalue weighted by Crippen LogP contribution is 2.71. The Hall–Kier alpha value is -1.78. The lowest BCUT2D eigenvalue weighted by Crippen LogP contribution is -2.50. The second-order valence-corrected chi connectivity index (χ2v) is 14.6. The molecule has 9 atom stereocenters. The van der Waals surface area contributed by atoms with Crippen LogP contribution in [0.3, 0.4) is 0 Å². The van der Waals surface area contributed by atoms with Crippen molar-refractivity contribution < 1.29 is 19.1 Å². The summed E-state index contributed by atoms with van der Waals surface area (Å²) in [5.41, 5.74) is 3.51. The minimum Gasteiger partial charge on any atom is -0.491 e. The van der Waals surface area contributed by atoms with E-state index < -0.39 is 0 Å². The maximum atomic E-state index is 12.2. The summed E-state index contributed by atoms with van der Waals surface area (Å²) in [6.45, 7) is 16.5. The van der Waals surface area contributed by atoms with Crippen molar-refractivity contribution in [2.45, 2.75) is 131 Å². The molecule has 3 saturated carbocycles. The van der Waals surface area contributed by atoms with E-state index in [0.29, 0.717) is 24.2 Å². The zero-order valence-electron chi connectivity index (χ0n) is 25.7. The molecule has 5 heteroatoms. The number of carbonyl (C=O) groups is 2. The fraction of sp³-hybridized carbons (Fsp3) is 0.824. The van der Waals surface area contributed by atoms with E-state index in [2.05, 4.69) is 46.0 Å². The number of allylic oxidation sites excluding steroid dienone is 2. The number of hydrogen-bond donors (Lipinski definition) is 1. The van der Waals surface area contributed by atoms with E-state index in [4.69, 9.17) is 9.47 Å². The van der Waals surface area contributed by atoms with Crippen molar-refractivity contribution in [2.24, 2.45) is 40.4 Å². The third kappa shape index (κ3) is 4.99. The monoisotopic (exact) mass is 539 g/mol. The van der Waals surface area contributed by atoms with Crippen LogP contribution in [0.4, 0.5) is 0 Å². The van der Waals surface area contributed by atoms with Crippen LogP contribution in [0.25, 0.3) is 0 Å². The van der Waals surface area contributed by atoms with Gasteiger partial charge in [-0.05, 0) is 105 Å². The van der Waals surface area contributed by atoms with Gasteiger partial charge in [0, 0.05) is 38.6 Å². The van der Waals surface area contributed by atoms with E-state index in [1.165, 1.54) is 30.6 Å². The maximum Gasteiger partial charge on any atom is 0.306 e. The molecule has 39 heavy (non-hydrogen) atoms. The van der Waals surface area contributed by atoms with Gasteiger partial charge in [-0.1, -0.05) is 39.3 Å². The van der Waals surface area contributed by atoms with Gasteiger partial charge in [-0.3, -0.25) is 9.59 Å². The summed E-state index contributed by atoms with van der Waals surface area (Å²) in [6, 6.07) is 0. The van der Waals surface area contributed by atoms with Gasteiger partial charge >= 0.3 is 5.97 Å². The molecule has 5 rings (SSSR count). The van der Waals surface area contributed by atoms with E-state index in [9.17, 15) is 9.59 Å². The van der Waals surface area contributed by atoms with Crippen molar-refractivity contribution >= 4 is 11.9 Å².